The van der Waals surface area contributed by atoms with Gasteiger partial charge in [0.05, 0.1) is 30.9 Å². The number of rotatable bonds is 6. The van der Waals surface area contributed by atoms with Gasteiger partial charge in [0.15, 0.2) is 29.3 Å². The second-order valence-corrected chi connectivity index (χ2v) is 7.71. The fourth-order valence-electron chi connectivity index (χ4n) is 3.82. The van der Waals surface area contributed by atoms with Crippen LogP contribution in [0.15, 0.2) is 71.5 Å². The number of oxazole rings is 1. The molecule has 0 radical (unpaired) electrons. The Morgan fingerprint density at radius 2 is 1.82 bits per heavy atom. The summed E-state index contributed by atoms with van der Waals surface area (Å²) in [6, 6.07) is 18.8. The number of amides is 1. The zero-order chi connectivity index (χ0) is 23.7. The first-order chi connectivity index (χ1) is 16.6. The standard InChI is InChI=1S/C26H22N4O4/c1-15-8-10-19-20(12-15)29-25(28-19)17-6-4-5-7-18(17)30-26(31)23-24(34-14-27-23)16-9-11-21(32-2)22(13-16)33-3/h4-14H,1-3H3,(H,28,29)(H,30,31). The van der Waals surface area contributed by atoms with Crippen molar-refractivity contribution in [2.75, 3.05) is 19.5 Å². The highest BCUT2D eigenvalue weighted by atomic mass is 16.5. The number of fused-ring (bicyclic) bond motifs is 1. The van der Waals surface area contributed by atoms with E-state index in [9.17, 15) is 4.79 Å². The molecule has 2 heterocycles. The van der Waals surface area contributed by atoms with Gasteiger partial charge in [-0.05, 0) is 55.0 Å². The monoisotopic (exact) mass is 454 g/mol. The van der Waals surface area contributed by atoms with Crippen molar-refractivity contribution >= 4 is 22.6 Å². The van der Waals surface area contributed by atoms with E-state index in [0.717, 1.165) is 22.2 Å². The summed E-state index contributed by atoms with van der Waals surface area (Å²) in [5, 5.41) is 2.95. The molecule has 0 aliphatic heterocycles. The van der Waals surface area contributed by atoms with Crippen LogP contribution < -0.4 is 14.8 Å². The van der Waals surface area contributed by atoms with Crippen molar-refractivity contribution in [1.82, 2.24) is 15.0 Å². The summed E-state index contributed by atoms with van der Waals surface area (Å²) in [4.78, 5) is 25.4. The van der Waals surface area contributed by atoms with Crippen molar-refractivity contribution in [2.45, 2.75) is 6.92 Å². The number of hydrogen-bond acceptors (Lipinski definition) is 6. The van der Waals surface area contributed by atoms with Gasteiger partial charge in [-0.1, -0.05) is 18.2 Å². The van der Waals surface area contributed by atoms with Crippen molar-refractivity contribution in [3.63, 3.8) is 0 Å². The smallest absolute Gasteiger partial charge is 0.278 e. The number of nitrogens with one attached hydrogen (secondary N) is 2. The van der Waals surface area contributed by atoms with Gasteiger partial charge in [0, 0.05) is 11.1 Å². The topological polar surface area (TPSA) is 102 Å². The van der Waals surface area contributed by atoms with Crippen LogP contribution in [0.5, 0.6) is 11.5 Å². The third-order valence-electron chi connectivity index (χ3n) is 5.50. The average Bonchev–Trinajstić information content (AvgIpc) is 3.51. The Bertz CT molecular complexity index is 1500. The molecule has 170 valence electrons. The van der Waals surface area contributed by atoms with E-state index in [-0.39, 0.29) is 5.69 Å². The van der Waals surface area contributed by atoms with E-state index in [2.05, 4.69) is 20.3 Å². The number of aromatic nitrogens is 3. The Morgan fingerprint density at radius 1 is 1.00 bits per heavy atom. The van der Waals surface area contributed by atoms with Crippen molar-refractivity contribution in [2.24, 2.45) is 0 Å². The number of carbonyl (C=O) groups excluding carboxylic acids is 1. The average molecular weight is 454 g/mol. The van der Waals surface area contributed by atoms with Crippen LogP contribution in [-0.4, -0.2) is 35.1 Å². The Hall–Kier alpha value is -4.59. The Labute approximate surface area is 195 Å². The van der Waals surface area contributed by atoms with Gasteiger partial charge in [-0.15, -0.1) is 0 Å². The van der Waals surface area contributed by atoms with Crippen LogP contribution in [0.2, 0.25) is 0 Å². The van der Waals surface area contributed by atoms with Crippen molar-refractivity contribution in [3.05, 3.63) is 78.3 Å². The highest BCUT2D eigenvalue weighted by Gasteiger charge is 2.21. The van der Waals surface area contributed by atoms with Gasteiger partial charge in [0.2, 0.25) is 0 Å². The van der Waals surface area contributed by atoms with Gasteiger partial charge < -0.3 is 24.2 Å². The number of hydrogen-bond donors (Lipinski definition) is 2. The second-order valence-electron chi connectivity index (χ2n) is 7.71. The van der Waals surface area contributed by atoms with Crippen molar-refractivity contribution < 1.29 is 18.7 Å². The molecule has 0 aliphatic rings. The molecule has 0 bridgehead atoms. The van der Waals surface area contributed by atoms with Crippen LogP contribution in [-0.2, 0) is 0 Å². The number of anilines is 1. The molecule has 0 spiro atoms. The highest BCUT2D eigenvalue weighted by molar-refractivity contribution is 6.08. The van der Waals surface area contributed by atoms with E-state index < -0.39 is 5.91 Å². The van der Waals surface area contributed by atoms with E-state index in [1.807, 2.05) is 49.4 Å². The van der Waals surface area contributed by atoms with E-state index in [0.29, 0.717) is 34.3 Å². The number of imidazole rings is 1. The predicted octanol–water partition coefficient (Wildman–Crippen LogP) is 5.46. The van der Waals surface area contributed by atoms with Crippen LogP contribution in [0.3, 0.4) is 0 Å². The molecule has 8 nitrogen and oxygen atoms in total. The van der Waals surface area contributed by atoms with Gasteiger partial charge >= 0.3 is 0 Å². The minimum Gasteiger partial charge on any atom is -0.493 e. The summed E-state index contributed by atoms with van der Waals surface area (Å²) in [6.07, 6.45) is 1.24. The first-order valence-corrected chi connectivity index (χ1v) is 10.6. The summed E-state index contributed by atoms with van der Waals surface area (Å²) in [5.74, 6) is 1.69. The molecule has 0 saturated carbocycles. The van der Waals surface area contributed by atoms with Crippen LogP contribution in [0.1, 0.15) is 16.1 Å². The molecule has 0 atom stereocenters. The number of ether oxygens (including phenoxy) is 2. The molecule has 3 aromatic carbocycles. The maximum Gasteiger partial charge on any atom is 0.278 e. The largest absolute Gasteiger partial charge is 0.493 e. The van der Waals surface area contributed by atoms with Crippen LogP contribution in [0.25, 0.3) is 33.7 Å². The normalized spacial score (nSPS) is 10.9. The lowest BCUT2D eigenvalue weighted by molar-refractivity contribution is 0.102. The number of H-pyrrole nitrogens is 1. The zero-order valence-electron chi connectivity index (χ0n) is 18.9. The number of para-hydroxylation sites is 1. The molecule has 0 aliphatic carbocycles. The lowest BCUT2D eigenvalue weighted by atomic mass is 10.1. The Kier molecular flexibility index (Phi) is 5.47. The van der Waals surface area contributed by atoms with E-state index in [1.165, 1.54) is 6.39 Å². The molecule has 0 fully saturated rings. The SMILES string of the molecule is COc1ccc(-c2ocnc2C(=O)Nc2ccccc2-c2nc3ccc(C)cc3[nH]2)cc1OC. The minimum atomic E-state index is -0.405. The third kappa shape index (κ3) is 3.86. The van der Waals surface area contributed by atoms with Crippen molar-refractivity contribution in [3.8, 4) is 34.2 Å². The van der Waals surface area contributed by atoms with Crippen LogP contribution >= 0.6 is 0 Å². The van der Waals surface area contributed by atoms with Gasteiger partial charge in [-0.25, -0.2) is 9.97 Å². The quantitative estimate of drug-likeness (QED) is 0.353. The predicted molar refractivity (Wildman–Crippen MR) is 129 cm³/mol. The number of benzene rings is 3. The zero-order valence-corrected chi connectivity index (χ0v) is 18.9. The van der Waals surface area contributed by atoms with E-state index in [4.69, 9.17) is 13.9 Å². The van der Waals surface area contributed by atoms with Gasteiger partial charge in [-0.2, -0.15) is 0 Å². The molecule has 34 heavy (non-hydrogen) atoms. The maximum atomic E-state index is 13.2. The molecular formula is C26H22N4O4. The first-order valence-electron chi connectivity index (χ1n) is 10.6. The molecule has 0 saturated heterocycles. The molecule has 2 aromatic heterocycles. The summed E-state index contributed by atoms with van der Waals surface area (Å²) < 4.78 is 16.2. The first kappa shape index (κ1) is 21.3. The summed E-state index contributed by atoms with van der Waals surface area (Å²) in [7, 11) is 3.11. The molecule has 2 N–H and O–H groups in total. The fraction of sp³-hybridized carbons (Fsp3) is 0.115. The molecule has 8 heteroatoms. The number of carbonyl (C=O) groups is 1. The summed E-state index contributed by atoms with van der Waals surface area (Å²) >= 11 is 0. The Balaban J connectivity index is 1.47. The lowest BCUT2D eigenvalue weighted by Crippen LogP contribution is -2.14. The molecular weight excluding hydrogens is 432 g/mol. The van der Waals surface area contributed by atoms with Gasteiger partial charge in [0.1, 0.15) is 5.82 Å². The van der Waals surface area contributed by atoms with Gasteiger partial charge in [-0.3, -0.25) is 4.79 Å². The third-order valence-corrected chi connectivity index (χ3v) is 5.50. The number of methoxy groups -OCH3 is 2. The maximum absolute atomic E-state index is 13.2. The second kappa shape index (κ2) is 8.74. The minimum absolute atomic E-state index is 0.155. The van der Waals surface area contributed by atoms with E-state index >= 15 is 0 Å². The Morgan fingerprint density at radius 3 is 2.65 bits per heavy atom. The number of aryl methyl sites for hydroxylation is 1. The lowest BCUT2D eigenvalue weighted by Gasteiger charge is -2.10. The van der Waals surface area contributed by atoms with Crippen molar-refractivity contribution in [1.29, 1.82) is 0 Å². The highest BCUT2D eigenvalue weighted by Crippen LogP contribution is 2.34. The summed E-state index contributed by atoms with van der Waals surface area (Å²) in [5.41, 5.74) is 5.09. The molecule has 1 amide bonds. The number of nitrogens with zero attached hydrogens (tertiary/aromatic N) is 2. The molecule has 5 rings (SSSR count). The van der Waals surface area contributed by atoms with E-state index in [1.54, 1.807) is 32.4 Å². The molecule has 5 aromatic rings. The fourth-order valence-corrected chi connectivity index (χ4v) is 3.82. The molecule has 0 unspecified atom stereocenters. The summed E-state index contributed by atoms with van der Waals surface area (Å²) in [6.45, 7) is 2.03. The van der Waals surface area contributed by atoms with Crippen LogP contribution in [0.4, 0.5) is 5.69 Å². The van der Waals surface area contributed by atoms with Crippen LogP contribution in [0, 0.1) is 6.92 Å². The number of aromatic amines is 1. The van der Waals surface area contributed by atoms with Gasteiger partial charge in [0.25, 0.3) is 5.91 Å².